The third-order valence-corrected chi connectivity index (χ3v) is 2.75. The zero-order valence-electron chi connectivity index (χ0n) is 9.68. The van der Waals surface area contributed by atoms with E-state index < -0.39 is 6.10 Å². The first-order valence-corrected chi connectivity index (χ1v) is 5.19. The molecule has 4 heteroatoms. The van der Waals surface area contributed by atoms with E-state index in [1.807, 2.05) is 26.0 Å². The molecule has 0 spiro atoms. The van der Waals surface area contributed by atoms with Gasteiger partial charge in [0.1, 0.15) is 6.10 Å². The number of hydrogen-bond donors (Lipinski definition) is 1. The number of hydrogen-bond acceptors (Lipinski definition) is 3. The summed E-state index contributed by atoms with van der Waals surface area (Å²) in [6.07, 6.45) is 0.921. The maximum atomic E-state index is 10.2. The molecule has 16 heavy (non-hydrogen) atoms. The molecule has 84 valence electrons. The van der Waals surface area contributed by atoms with Crippen molar-refractivity contribution in [3.63, 3.8) is 0 Å². The number of nitrogens with zero attached hydrogens (tertiary/aromatic N) is 3. The molecule has 0 aliphatic carbocycles. The Morgan fingerprint density at radius 3 is 2.62 bits per heavy atom. The Hall–Kier alpha value is -1.68. The van der Waals surface area contributed by atoms with Crippen molar-refractivity contribution in [2.45, 2.75) is 20.0 Å². The molecule has 0 bridgehead atoms. The molecule has 1 N–H and O–H groups in total. The minimum absolute atomic E-state index is 0.666. The minimum Gasteiger partial charge on any atom is -0.382 e. The molecule has 1 heterocycles. The van der Waals surface area contributed by atoms with Gasteiger partial charge in [-0.3, -0.25) is 0 Å². The van der Waals surface area contributed by atoms with Crippen LogP contribution in [0.5, 0.6) is 0 Å². The monoisotopic (exact) mass is 217 g/mol. The van der Waals surface area contributed by atoms with Gasteiger partial charge in [0, 0.05) is 7.05 Å². The molecular weight excluding hydrogens is 202 g/mol. The summed E-state index contributed by atoms with van der Waals surface area (Å²) in [6.45, 7) is 4.03. The van der Waals surface area contributed by atoms with E-state index in [0.717, 1.165) is 11.1 Å². The second-order valence-electron chi connectivity index (χ2n) is 4.05. The number of aliphatic hydroxyl groups excluding tert-OH is 1. The van der Waals surface area contributed by atoms with Crippen LogP contribution in [-0.2, 0) is 7.05 Å². The second-order valence-corrected chi connectivity index (χ2v) is 4.05. The zero-order valence-corrected chi connectivity index (χ0v) is 9.68. The van der Waals surface area contributed by atoms with E-state index in [4.69, 9.17) is 0 Å². The summed E-state index contributed by atoms with van der Waals surface area (Å²) in [5, 5.41) is 17.8. The average molecular weight is 217 g/mol. The van der Waals surface area contributed by atoms with Crippen LogP contribution in [0.2, 0.25) is 0 Å². The third-order valence-electron chi connectivity index (χ3n) is 2.75. The molecule has 0 fully saturated rings. The number of aliphatic hydroxyl groups is 1. The molecule has 0 amide bonds. The van der Waals surface area contributed by atoms with Gasteiger partial charge >= 0.3 is 0 Å². The van der Waals surface area contributed by atoms with Crippen LogP contribution in [0.4, 0.5) is 0 Å². The van der Waals surface area contributed by atoms with Crippen LogP contribution in [0.25, 0.3) is 0 Å². The van der Waals surface area contributed by atoms with Crippen LogP contribution in [-0.4, -0.2) is 20.1 Å². The van der Waals surface area contributed by atoms with Crippen molar-refractivity contribution in [1.82, 2.24) is 15.0 Å². The number of benzene rings is 1. The van der Waals surface area contributed by atoms with Crippen LogP contribution in [0.15, 0.2) is 24.4 Å². The smallest absolute Gasteiger partial charge is 0.123 e. The minimum atomic E-state index is -0.666. The maximum absolute atomic E-state index is 10.2. The molecule has 0 saturated carbocycles. The largest absolute Gasteiger partial charge is 0.382 e. The van der Waals surface area contributed by atoms with E-state index in [9.17, 15) is 5.11 Å². The van der Waals surface area contributed by atoms with Gasteiger partial charge in [0.2, 0.25) is 0 Å². The molecule has 0 saturated heterocycles. The van der Waals surface area contributed by atoms with Crippen molar-refractivity contribution in [3.8, 4) is 0 Å². The third kappa shape index (κ3) is 1.84. The molecule has 1 aromatic heterocycles. The van der Waals surface area contributed by atoms with Crippen LogP contribution >= 0.6 is 0 Å². The molecule has 2 aromatic rings. The Morgan fingerprint density at radius 2 is 2.06 bits per heavy atom. The first-order chi connectivity index (χ1) is 7.59. The molecule has 1 atom stereocenters. The number of rotatable bonds is 2. The van der Waals surface area contributed by atoms with Gasteiger partial charge in [0.25, 0.3) is 0 Å². The number of aromatic nitrogens is 3. The summed E-state index contributed by atoms with van der Waals surface area (Å²) in [6, 6.07) is 6.00. The van der Waals surface area contributed by atoms with Crippen molar-refractivity contribution in [1.29, 1.82) is 0 Å². The lowest BCUT2D eigenvalue weighted by Crippen LogP contribution is -2.08. The quantitative estimate of drug-likeness (QED) is 0.829. The van der Waals surface area contributed by atoms with E-state index in [-0.39, 0.29) is 0 Å². The van der Waals surface area contributed by atoms with Gasteiger partial charge < -0.3 is 5.11 Å². The lowest BCUT2D eigenvalue weighted by Gasteiger charge is -2.13. The summed E-state index contributed by atoms with van der Waals surface area (Å²) < 4.78 is 1.59. The van der Waals surface area contributed by atoms with Gasteiger partial charge in [-0.25, -0.2) is 4.68 Å². The summed E-state index contributed by atoms with van der Waals surface area (Å²) >= 11 is 0. The van der Waals surface area contributed by atoms with Gasteiger partial charge in [-0.15, -0.1) is 5.10 Å². The normalized spacial score (nSPS) is 12.8. The van der Waals surface area contributed by atoms with Crippen LogP contribution < -0.4 is 0 Å². The van der Waals surface area contributed by atoms with E-state index in [1.165, 1.54) is 5.56 Å². The summed E-state index contributed by atoms with van der Waals surface area (Å²) in [7, 11) is 1.77. The molecule has 0 radical (unpaired) electrons. The van der Waals surface area contributed by atoms with Crippen LogP contribution in [0, 0.1) is 13.8 Å². The lowest BCUT2D eigenvalue weighted by molar-refractivity contribution is 0.209. The SMILES string of the molecule is Cc1ccc(C(O)c2cnnn2C)c(C)c1. The van der Waals surface area contributed by atoms with Gasteiger partial charge in [-0.05, 0) is 25.0 Å². The molecule has 4 nitrogen and oxygen atoms in total. The van der Waals surface area contributed by atoms with Crippen molar-refractivity contribution in [3.05, 3.63) is 46.8 Å². The van der Waals surface area contributed by atoms with Crippen molar-refractivity contribution in [2.75, 3.05) is 0 Å². The van der Waals surface area contributed by atoms with E-state index in [2.05, 4.69) is 16.4 Å². The Morgan fingerprint density at radius 1 is 1.31 bits per heavy atom. The average Bonchev–Trinajstić information content (AvgIpc) is 2.63. The van der Waals surface area contributed by atoms with Gasteiger partial charge in [-0.1, -0.05) is 29.0 Å². The van der Waals surface area contributed by atoms with Gasteiger partial charge in [-0.2, -0.15) is 0 Å². The Labute approximate surface area is 94.5 Å². The molecule has 1 aromatic carbocycles. The number of aryl methyl sites for hydroxylation is 3. The summed E-state index contributed by atoms with van der Waals surface area (Å²) in [5.41, 5.74) is 3.87. The van der Waals surface area contributed by atoms with E-state index in [0.29, 0.717) is 5.69 Å². The molecule has 0 aliphatic rings. The standard InChI is InChI=1S/C12H15N3O/c1-8-4-5-10(9(2)6-8)12(16)11-7-13-14-15(11)3/h4-7,12,16H,1-3H3. The lowest BCUT2D eigenvalue weighted by atomic mass is 9.99. The highest BCUT2D eigenvalue weighted by molar-refractivity contribution is 5.35. The van der Waals surface area contributed by atoms with Crippen LogP contribution in [0.1, 0.15) is 28.5 Å². The van der Waals surface area contributed by atoms with Crippen molar-refractivity contribution in [2.24, 2.45) is 7.05 Å². The Balaban J connectivity index is 2.41. The van der Waals surface area contributed by atoms with Gasteiger partial charge in [0.05, 0.1) is 11.9 Å². The Bertz CT molecular complexity index is 505. The molecular formula is C12H15N3O. The molecule has 1 unspecified atom stereocenters. The highest BCUT2D eigenvalue weighted by atomic mass is 16.3. The molecule has 0 aliphatic heterocycles. The predicted octanol–water partition coefficient (Wildman–Crippen LogP) is 1.51. The first kappa shape index (κ1) is 10.8. The topological polar surface area (TPSA) is 50.9 Å². The second kappa shape index (κ2) is 4.06. The van der Waals surface area contributed by atoms with E-state index >= 15 is 0 Å². The summed E-state index contributed by atoms with van der Waals surface area (Å²) in [4.78, 5) is 0. The van der Waals surface area contributed by atoms with Gasteiger partial charge in [0.15, 0.2) is 0 Å². The fourth-order valence-electron chi connectivity index (χ4n) is 1.84. The maximum Gasteiger partial charge on any atom is 0.123 e. The Kier molecular flexibility index (Phi) is 2.75. The van der Waals surface area contributed by atoms with Crippen LogP contribution in [0.3, 0.4) is 0 Å². The highest BCUT2D eigenvalue weighted by Gasteiger charge is 2.16. The fourth-order valence-corrected chi connectivity index (χ4v) is 1.84. The van der Waals surface area contributed by atoms with E-state index in [1.54, 1.807) is 17.9 Å². The fraction of sp³-hybridized carbons (Fsp3) is 0.333. The zero-order chi connectivity index (χ0) is 11.7. The van der Waals surface area contributed by atoms with Crippen molar-refractivity contribution < 1.29 is 5.11 Å². The highest BCUT2D eigenvalue weighted by Crippen LogP contribution is 2.24. The first-order valence-electron chi connectivity index (χ1n) is 5.19. The summed E-state index contributed by atoms with van der Waals surface area (Å²) in [5.74, 6) is 0. The molecule has 2 rings (SSSR count). The van der Waals surface area contributed by atoms with Crippen molar-refractivity contribution >= 4 is 0 Å². The predicted molar refractivity (Wildman–Crippen MR) is 61.0 cm³/mol.